The molecule has 33 heavy (non-hydrogen) atoms. The van der Waals surface area contributed by atoms with E-state index < -0.39 is 5.60 Å². The Morgan fingerprint density at radius 1 is 1.06 bits per heavy atom. The minimum atomic E-state index is -0.663. The summed E-state index contributed by atoms with van der Waals surface area (Å²) in [6, 6.07) is 0. The molecule has 0 heterocycles. The number of fused-ring (bicyclic) bond motifs is 1. The van der Waals surface area contributed by atoms with Crippen LogP contribution in [0.25, 0.3) is 0 Å². The molecule has 0 bridgehead atoms. The summed E-state index contributed by atoms with van der Waals surface area (Å²) >= 11 is 0. The van der Waals surface area contributed by atoms with Gasteiger partial charge in [-0.25, -0.2) is 0 Å². The summed E-state index contributed by atoms with van der Waals surface area (Å²) < 4.78 is 0. The molecule has 0 aromatic heterocycles. The maximum Gasteiger partial charge on any atom is 0.0825 e. The van der Waals surface area contributed by atoms with Crippen LogP contribution in [0.1, 0.15) is 98.3 Å². The van der Waals surface area contributed by atoms with Crippen molar-refractivity contribution in [2.75, 3.05) is 0 Å². The molecule has 3 saturated carbocycles. The van der Waals surface area contributed by atoms with Crippen molar-refractivity contribution in [3.63, 3.8) is 0 Å². The van der Waals surface area contributed by atoms with Crippen molar-refractivity contribution in [3.8, 4) is 0 Å². The van der Waals surface area contributed by atoms with E-state index in [1.54, 1.807) is 5.57 Å². The highest BCUT2D eigenvalue weighted by Gasteiger charge is 2.50. The molecule has 0 radical (unpaired) electrons. The van der Waals surface area contributed by atoms with Crippen molar-refractivity contribution < 1.29 is 10.2 Å². The molecule has 0 aromatic rings. The summed E-state index contributed by atoms with van der Waals surface area (Å²) in [5.41, 5.74) is 2.84. The molecule has 3 aliphatic rings. The smallest absolute Gasteiger partial charge is 0.0825 e. The number of hydrogen-bond acceptors (Lipinski definition) is 2. The number of allylic oxidation sites excluding steroid dienone is 6. The molecule has 3 fully saturated rings. The van der Waals surface area contributed by atoms with Crippen LogP contribution in [0.5, 0.6) is 0 Å². The average Bonchev–Trinajstić information content (AvgIpc) is 3.19. The van der Waals surface area contributed by atoms with Crippen LogP contribution in [0.4, 0.5) is 0 Å². The predicted molar refractivity (Wildman–Crippen MR) is 143 cm³/mol. The van der Waals surface area contributed by atoms with Gasteiger partial charge in [-0.3, -0.25) is 0 Å². The molecule has 4 unspecified atom stereocenters. The number of hydrogen-bond donors (Lipinski definition) is 2. The van der Waals surface area contributed by atoms with E-state index in [9.17, 15) is 10.2 Å². The fraction of sp³-hybridized carbons (Fsp3) is 0.677. The highest BCUT2D eigenvalue weighted by Crippen LogP contribution is 2.59. The second kappa shape index (κ2) is 12.9. The number of aliphatic hydroxyl groups excluding tert-OH is 1. The highest BCUT2D eigenvalue weighted by atomic mass is 16.3. The summed E-state index contributed by atoms with van der Waals surface area (Å²) in [4.78, 5) is 0. The van der Waals surface area contributed by atoms with Gasteiger partial charge in [0, 0.05) is 0 Å². The van der Waals surface area contributed by atoms with Crippen LogP contribution in [0.2, 0.25) is 0 Å². The molecule has 2 N–H and O–H groups in total. The van der Waals surface area contributed by atoms with Gasteiger partial charge in [0.25, 0.3) is 0 Å². The molecule has 0 amide bonds. The largest absolute Gasteiger partial charge is 0.393 e. The van der Waals surface area contributed by atoms with Gasteiger partial charge in [0.1, 0.15) is 0 Å². The topological polar surface area (TPSA) is 40.5 Å². The Labute approximate surface area is 204 Å². The molecule has 2 nitrogen and oxygen atoms in total. The third-order valence-corrected chi connectivity index (χ3v) is 8.90. The van der Waals surface area contributed by atoms with Gasteiger partial charge in [-0.1, -0.05) is 75.3 Å². The van der Waals surface area contributed by atoms with Crippen LogP contribution in [0.15, 0.2) is 60.8 Å². The molecule has 3 rings (SSSR count). The van der Waals surface area contributed by atoms with Gasteiger partial charge in [-0.15, -0.1) is 13.2 Å². The van der Waals surface area contributed by atoms with Crippen molar-refractivity contribution in [3.05, 3.63) is 60.8 Å². The molecule has 0 aliphatic heterocycles. The molecular weight excluding hydrogens is 404 g/mol. The zero-order valence-corrected chi connectivity index (χ0v) is 21.9. The molecule has 0 aromatic carbocycles. The van der Waals surface area contributed by atoms with Crippen LogP contribution in [0.3, 0.4) is 0 Å². The Kier molecular flexibility index (Phi) is 10.9. The van der Waals surface area contributed by atoms with Gasteiger partial charge in [0.15, 0.2) is 0 Å². The van der Waals surface area contributed by atoms with Crippen LogP contribution in [-0.4, -0.2) is 21.9 Å². The first-order valence-corrected chi connectivity index (χ1v) is 13.5. The van der Waals surface area contributed by atoms with E-state index in [1.807, 2.05) is 19.9 Å². The Hall–Kier alpha value is -1.38. The Morgan fingerprint density at radius 3 is 2.45 bits per heavy atom. The zero-order chi connectivity index (χ0) is 24.5. The molecule has 0 saturated heterocycles. The van der Waals surface area contributed by atoms with E-state index in [2.05, 4.69) is 57.4 Å². The van der Waals surface area contributed by atoms with E-state index in [0.29, 0.717) is 17.3 Å². The standard InChI is InChI=1S/C29H46O2.C2H4/c1-5-29(31,6-2)20-8-7-11-22(3)26-17-18-27-24(13-10-19-28(26,27)4)16-15-23-12-9-14-25(30)21-23;1-2/h7-8,11,15-16,20,22,25-27,30-31H,5-6,9-10,12-14,17-19,21H2,1-4H3;1-2H2/b11-7+,20-8+,23-15-,24-16+;/t22-,25?,26?,27?,28?;/m1./s1. The van der Waals surface area contributed by atoms with Crippen LogP contribution < -0.4 is 0 Å². The number of rotatable bonds is 7. The first-order chi connectivity index (χ1) is 15.8. The first kappa shape index (κ1) is 27.9. The average molecular weight is 455 g/mol. The summed E-state index contributed by atoms with van der Waals surface area (Å²) in [6.45, 7) is 15.0. The highest BCUT2D eigenvalue weighted by molar-refractivity contribution is 5.26. The van der Waals surface area contributed by atoms with Gasteiger partial charge < -0.3 is 10.2 Å². The first-order valence-electron chi connectivity index (χ1n) is 13.5. The van der Waals surface area contributed by atoms with Crippen molar-refractivity contribution in [2.24, 2.45) is 23.2 Å². The van der Waals surface area contributed by atoms with Crippen LogP contribution >= 0.6 is 0 Å². The summed E-state index contributed by atoms with van der Waals surface area (Å²) in [6.07, 6.45) is 25.4. The van der Waals surface area contributed by atoms with Gasteiger partial charge in [-0.2, -0.15) is 0 Å². The third kappa shape index (κ3) is 7.06. The molecule has 3 aliphatic carbocycles. The summed E-state index contributed by atoms with van der Waals surface area (Å²) in [7, 11) is 0. The lowest BCUT2D eigenvalue weighted by Crippen LogP contribution is -2.35. The fourth-order valence-corrected chi connectivity index (χ4v) is 6.68. The van der Waals surface area contributed by atoms with Crippen LogP contribution in [0, 0.1) is 23.2 Å². The Bertz CT molecular complexity index is 723. The normalized spacial score (nSPS) is 33.9. The molecular formula is C31H50O2. The van der Waals surface area contributed by atoms with Crippen molar-refractivity contribution in [2.45, 2.75) is 110 Å². The van der Waals surface area contributed by atoms with Crippen molar-refractivity contribution >= 4 is 0 Å². The quantitative estimate of drug-likeness (QED) is 0.301. The minimum Gasteiger partial charge on any atom is -0.393 e. The minimum absolute atomic E-state index is 0.127. The lowest BCUT2D eigenvalue weighted by molar-refractivity contribution is 0.0828. The summed E-state index contributed by atoms with van der Waals surface area (Å²) in [5, 5.41) is 20.4. The van der Waals surface area contributed by atoms with E-state index >= 15 is 0 Å². The zero-order valence-electron chi connectivity index (χ0n) is 21.9. The van der Waals surface area contributed by atoms with E-state index in [1.165, 1.54) is 37.7 Å². The third-order valence-electron chi connectivity index (χ3n) is 8.90. The molecule has 186 valence electrons. The van der Waals surface area contributed by atoms with Crippen molar-refractivity contribution in [1.82, 2.24) is 0 Å². The van der Waals surface area contributed by atoms with Gasteiger partial charge in [0.05, 0.1) is 11.7 Å². The maximum atomic E-state index is 10.4. The fourth-order valence-electron chi connectivity index (χ4n) is 6.68. The lowest BCUT2D eigenvalue weighted by atomic mass is 9.61. The SMILES string of the molecule is C=C.CCC(O)(/C=C/C=C/[C@@H](C)C1CCC2/C(=C/C=C3/CCCC(O)C3)CCCC21C)CC. The maximum absolute atomic E-state index is 10.4. The summed E-state index contributed by atoms with van der Waals surface area (Å²) in [5.74, 6) is 2.00. The Balaban J connectivity index is 0.00000187. The number of aliphatic hydroxyl groups is 2. The lowest BCUT2D eigenvalue weighted by Gasteiger charge is -2.44. The van der Waals surface area contributed by atoms with E-state index in [4.69, 9.17) is 0 Å². The molecule has 0 spiro atoms. The van der Waals surface area contributed by atoms with Crippen molar-refractivity contribution in [1.29, 1.82) is 0 Å². The second-order valence-electron chi connectivity index (χ2n) is 10.8. The Morgan fingerprint density at radius 2 is 1.79 bits per heavy atom. The monoisotopic (exact) mass is 454 g/mol. The van der Waals surface area contributed by atoms with Gasteiger partial charge in [-0.05, 0) is 93.8 Å². The van der Waals surface area contributed by atoms with Gasteiger partial charge >= 0.3 is 0 Å². The molecule has 5 atom stereocenters. The second-order valence-corrected chi connectivity index (χ2v) is 10.8. The predicted octanol–water partition coefficient (Wildman–Crippen LogP) is 8.09. The van der Waals surface area contributed by atoms with E-state index in [0.717, 1.165) is 44.4 Å². The molecule has 2 heteroatoms. The van der Waals surface area contributed by atoms with E-state index in [-0.39, 0.29) is 6.10 Å². The van der Waals surface area contributed by atoms with Gasteiger partial charge in [0.2, 0.25) is 0 Å². The van der Waals surface area contributed by atoms with Crippen LogP contribution in [-0.2, 0) is 0 Å².